The summed E-state index contributed by atoms with van der Waals surface area (Å²) in [6, 6.07) is 11.1. The van der Waals surface area contributed by atoms with Gasteiger partial charge < -0.3 is 9.88 Å². The van der Waals surface area contributed by atoms with Gasteiger partial charge in [0.05, 0.1) is 0 Å². The van der Waals surface area contributed by atoms with E-state index in [2.05, 4.69) is 11.9 Å². The highest BCUT2D eigenvalue weighted by Crippen LogP contribution is 2.32. The summed E-state index contributed by atoms with van der Waals surface area (Å²) in [5.74, 6) is -0.482. The number of halogens is 2. The van der Waals surface area contributed by atoms with E-state index in [-0.39, 0.29) is 23.6 Å². The van der Waals surface area contributed by atoms with E-state index in [0.29, 0.717) is 12.8 Å². The maximum atomic E-state index is 13.8. The fourth-order valence-corrected chi connectivity index (χ4v) is 4.02. The smallest absolute Gasteiger partial charge is 0.223 e. The lowest BCUT2D eigenvalue weighted by Crippen LogP contribution is -2.33. The van der Waals surface area contributed by atoms with Gasteiger partial charge in [-0.2, -0.15) is 0 Å². The van der Waals surface area contributed by atoms with Crippen LogP contribution in [0, 0.1) is 11.6 Å². The summed E-state index contributed by atoms with van der Waals surface area (Å²) in [5.41, 5.74) is 3.35. The standard InChI is InChI=1S/C22H22F2N2O/c1-14-3-2-12-26(14)21(27)11-9-18-19-13-17(24)8-10-20(19)25-22(18)15-4-6-16(23)7-5-15/h4-8,10,13-14,25H,2-3,9,11-12H2,1H3. The van der Waals surface area contributed by atoms with Gasteiger partial charge in [0.25, 0.3) is 0 Å². The Bertz CT molecular complexity index is 978. The number of amides is 1. The van der Waals surface area contributed by atoms with Gasteiger partial charge in [-0.3, -0.25) is 4.79 Å². The molecule has 2 heterocycles. The molecule has 1 N–H and O–H groups in total. The number of benzene rings is 2. The average molecular weight is 368 g/mol. The van der Waals surface area contributed by atoms with Crippen LogP contribution in [-0.4, -0.2) is 28.4 Å². The zero-order chi connectivity index (χ0) is 19.0. The first-order chi connectivity index (χ1) is 13.0. The number of hydrogen-bond acceptors (Lipinski definition) is 1. The minimum Gasteiger partial charge on any atom is -0.354 e. The third kappa shape index (κ3) is 3.46. The molecule has 27 heavy (non-hydrogen) atoms. The molecule has 1 unspecified atom stereocenters. The molecule has 140 valence electrons. The summed E-state index contributed by atoms with van der Waals surface area (Å²) in [6.45, 7) is 2.89. The molecule has 0 saturated carbocycles. The third-order valence-corrected chi connectivity index (χ3v) is 5.46. The minimum absolute atomic E-state index is 0.135. The zero-order valence-corrected chi connectivity index (χ0v) is 15.3. The van der Waals surface area contributed by atoms with Crippen LogP contribution >= 0.6 is 0 Å². The molecule has 1 aromatic heterocycles. The first kappa shape index (κ1) is 17.7. The second-order valence-corrected chi connectivity index (χ2v) is 7.25. The number of carbonyl (C=O) groups excluding carboxylic acids is 1. The number of H-pyrrole nitrogens is 1. The molecule has 5 heteroatoms. The molecule has 2 aromatic carbocycles. The maximum absolute atomic E-state index is 13.8. The van der Waals surface area contributed by atoms with Crippen LogP contribution in [-0.2, 0) is 11.2 Å². The van der Waals surface area contributed by atoms with Gasteiger partial charge in [0.1, 0.15) is 11.6 Å². The predicted octanol–water partition coefficient (Wildman–Crippen LogP) is 5.06. The van der Waals surface area contributed by atoms with Gasteiger partial charge >= 0.3 is 0 Å². The molecule has 0 spiro atoms. The van der Waals surface area contributed by atoms with E-state index in [0.717, 1.165) is 47.1 Å². The number of aromatic amines is 1. The Morgan fingerprint density at radius 1 is 1.15 bits per heavy atom. The highest BCUT2D eigenvalue weighted by atomic mass is 19.1. The van der Waals surface area contributed by atoms with Gasteiger partial charge in [-0.05, 0) is 79.8 Å². The number of fused-ring (bicyclic) bond motifs is 1. The van der Waals surface area contributed by atoms with Crippen LogP contribution in [0.15, 0.2) is 42.5 Å². The van der Waals surface area contributed by atoms with Crippen LogP contribution in [0.4, 0.5) is 8.78 Å². The van der Waals surface area contributed by atoms with Gasteiger partial charge in [0.2, 0.25) is 5.91 Å². The summed E-state index contributed by atoms with van der Waals surface area (Å²) in [7, 11) is 0. The van der Waals surface area contributed by atoms with Crippen LogP contribution in [0.2, 0.25) is 0 Å². The number of nitrogens with zero attached hydrogens (tertiary/aromatic N) is 1. The zero-order valence-electron chi connectivity index (χ0n) is 15.3. The summed E-state index contributed by atoms with van der Waals surface area (Å²) in [4.78, 5) is 17.9. The first-order valence-electron chi connectivity index (χ1n) is 9.38. The number of nitrogens with one attached hydrogen (secondary N) is 1. The van der Waals surface area contributed by atoms with Crippen LogP contribution in [0.5, 0.6) is 0 Å². The summed E-state index contributed by atoms with van der Waals surface area (Å²) < 4.78 is 27.2. The number of carbonyl (C=O) groups is 1. The van der Waals surface area contributed by atoms with Crippen LogP contribution in [0.3, 0.4) is 0 Å². The second kappa shape index (κ2) is 7.14. The first-order valence-corrected chi connectivity index (χ1v) is 9.38. The van der Waals surface area contributed by atoms with E-state index >= 15 is 0 Å². The van der Waals surface area contributed by atoms with E-state index in [4.69, 9.17) is 0 Å². The lowest BCUT2D eigenvalue weighted by atomic mass is 10.0. The van der Waals surface area contributed by atoms with Crippen molar-refractivity contribution in [3.8, 4) is 11.3 Å². The van der Waals surface area contributed by atoms with Crippen molar-refractivity contribution in [2.75, 3.05) is 6.54 Å². The van der Waals surface area contributed by atoms with Crippen molar-refractivity contribution in [3.05, 3.63) is 59.7 Å². The molecule has 3 nitrogen and oxygen atoms in total. The van der Waals surface area contributed by atoms with Crippen LogP contribution in [0.1, 0.15) is 31.7 Å². The topological polar surface area (TPSA) is 36.1 Å². The molecule has 1 saturated heterocycles. The number of likely N-dealkylation sites (tertiary alicyclic amines) is 1. The largest absolute Gasteiger partial charge is 0.354 e. The molecular formula is C22H22F2N2O. The Morgan fingerprint density at radius 3 is 2.59 bits per heavy atom. The van der Waals surface area contributed by atoms with Gasteiger partial charge in [0, 0.05) is 35.6 Å². The van der Waals surface area contributed by atoms with E-state index in [1.165, 1.54) is 24.3 Å². The molecule has 0 radical (unpaired) electrons. The molecule has 4 rings (SSSR count). The molecule has 1 atom stereocenters. The quantitative estimate of drug-likeness (QED) is 0.687. The number of hydrogen-bond donors (Lipinski definition) is 1. The fourth-order valence-electron chi connectivity index (χ4n) is 4.02. The summed E-state index contributed by atoms with van der Waals surface area (Å²) in [6.07, 6.45) is 2.98. The molecule has 1 amide bonds. The Labute approximate surface area is 157 Å². The van der Waals surface area contributed by atoms with E-state index in [9.17, 15) is 13.6 Å². The maximum Gasteiger partial charge on any atom is 0.223 e. The monoisotopic (exact) mass is 368 g/mol. The number of aryl methyl sites for hydroxylation is 1. The Hall–Kier alpha value is -2.69. The van der Waals surface area contributed by atoms with Crippen LogP contribution in [0.25, 0.3) is 22.2 Å². The fraction of sp³-hybridized carbons (Fsp3) is 0.318. The van der Waals surface area contributed by atoms with Gasteiger partial charge in [-0.25, -0.2) is 8.78 Å². The molecule has 1 fully saturated rings. The molecule has 0 bridgehead atoms. The third-order valence-electron chi connectivity index (χ3n) is 5.46. The molecule has 1 aliphatic heterocycles. The SMILES string of the molecule is CC1CCCN1C(=O)CCc1c(-c2ccc(F)cc2)[nH]c2ccc(F)cc12. The Kier molecular flexibility index (Phi) is 4.68. The molecule has 1 aliphatic rings. The Balaban J connectivity index is 1.68. The van der Waals surface area contributed by atoms with E-state index in [1.54, 1.807) is 18.2 Å². The molecule has 0 aliphatic carbocycles. The van der Waals surface area contributed by atoms with Crippen molar-refractivity contribution >= 4 is 16.8 Å². The lowest BCUT2D eigenvalue weighted by Gasteiger charge is -2.21. The van der Waals surface area contributed by atoms with Crippen molar-refractivity contribution in [2.45, 2.75) is 38.6 Å². The molecular weight excluding hydrogens is 346 g/mol. The van der Waals surface area contributed by atoms with Gasteiger partial charge in [0.15, 0.2) is 0 Å². The lowest BCUT2D eigenvalue weighted by molar-refractivity contribution is -0.131. The second-order valence-electron chi connectivity index (χ2n) is 7.25. The van der Waals surface area contributed by atoms with Crippen LogP contribution < -0.4 is 0 Å². The number of rotatable bonds is 4. The van der Waals surface area contributed by atoms with E-state index in [1.807, 2.05) is 4.90 Å². The minimum atomic E-state index is -0.312. The van der Waals surface area contributed by atoms with Crippen molar-refractivity contribution in [2.24, 2.45) is 0 Å². The van der Waals surface area contributed by atoms with Gasteiger partial charge in [-0.15, -0.1) is 0 Å². The Morgan fingerprint density at radius 2 is 1.89 bits per heavy atom. The van der Waals surface area contributed by atoms with Crippen molar-refractivity contribution in [3.63, 3.8) is 0 Å². The average Bonchev–Trinajstić information content (AvgIpc) is 3.24. The number of aromatic nitrogens is 1. The summed E-state index contributed by atoms with van der Waals surface area (Å²) >= 11 is 0. The van der Waals surface area contributed by atoms with Crippen molar-refractivity contribution in [1.82, 2.24) is 9.88 Å². The molecule has 3 aromatic rings. The van der Waals surface area contributed by atoms with E-state index < -0.39 is 0 Å². The highest BCUT2D eigenvalue weighted by molar-refractivity contribution is 5.91. The van der Waals surface area contributed by atoms with Gasteiger partial charge in [-0.1, -0.05) is 0 Å². The van der Waals surface area contributed by atoms with Crippen molar-refractivity contribution in [1.29, 1.82) is 0 Å². The highest BCUT2D eigenvalue weighted by Gasteiger charge is 2.25. The predicted molar refractivity (Wildman–Crippen MR) is 102 cm³/mol. The van der Waals surface area contributed by atoms with Crippen molar-refractivity contribution < 1.29 is 13.6 Å². The summed E-state index contributed by atoms with van der Waals surface area (Å²) in [5, 5.41) is 0.775. The normalized spacial score (nSPS) is 17.0.